The Morgan fingerprint density at radius 2 is 1.85 bits per heavy atom. The van der Waals surface area contributed by atoms with Crippen molar-refractivity contribution >= 4 is 35.0 Å². The zero-order valence-electron chi connectivity index (χ0n) is 11.7. The number of methoxy groups -OCH3 is 1. The van der Waals surface area contributed by atoms with Gasteiger partial charge in [0.1, 0.15) is 0 Å². The van der Waals surface area contributed by atoms with Crippen LogP contribution in [-0.2, 0) is 4.74 Å². The van der Waals surface area contributed by atoms with Gasteiger partial charge in [-0.15, -0.1) is 0 Å². The molecule has 1 rings (SSSR count). The smallest absolute Gasteiger partial charge is 0.339 e. The third kappa shape index (κ3) is 3.52. The van der Waals surface area contributed by atoms with Crippen molar-refractivity contribution in [2.75, 3.05) is 21.2 Å². The fraction of sp³-hybridized carbons (Fsp3) is 0.286. The molecule has 0 saturated carbocycles. The average Bonchev–Trinajstić information content (AvgIpc) is 2.37. The lowest BCUT2D eigenvalue weighted by molar-refractivity contribution is 0.0601. The lowest BCUT2D eigenvalue weighted by Crippen LogP contribution is -2.11. The zero-order valence-corrected chi connectivity index (χ0v) is 13.2. The molecule has 1 aromatic carbocycles. The maximum Gasteiger partial charge on any atom is 0.339 e. The number of ether oxygens (including phenoxy) is 1. The summed E-state index contributed by atoms with van der Waals surface area (Å²) < 4.78 is 4.62. The molecule has 0 N–H and O–H groups in total. The Kier molecular flexibility index (Phi) is 5.60. The van der Waals surface area contributed by atoms with Crippen LogP contribution in [-0.4, -0.2) is 37.9 Å². The molecule has 0 aliphatic carbocycles. The molecule has 0 unspecified atom stereocenters. The maximum atomic E-state index is 12.4. The Bertz CT molecular complexity index is 580. The summed E-state index contributed by atoms with van der Waals surface area (Å²) in [4.78, 5) is 25.7. The number of rotatable bonds is 4. The van der Waals surface area contributed by atoms with E-state index in [2.05, 4.69) is 4.74 Å². The summed E-state index contributed by atoms with van der Waals surface area (Å²) in [6, 6.07) is 2.88. The van der Waals surface area contributed by atoms with Gasteiger partial charge in [0, 0.05) is 25.9 Å². The molecule has 0 aliphatic heterocycles. The topological polar surface area (TPSA) is 46.6 Å². The first kappa shape index (κ1) is 16.5. The van der Waals surface area contributed by atoms with Crippen molar-refractivity contribution in [3.05, 3.63) is 45.1 Å². The van der Waals surface area contributed by atoms with Gasteiger partial charge in [0.05, 0.1) is 28.3 Å². The minimum absolute atomic E-state index is 0.000793. The van der Waals surface area contributed by atoms with Crippen LogP contribution in [0.25, 0.3) is 0 Å². The van der Waals surface area contributed by atoms with Gasteiger partial charge in [-0.25, -0.2) is 4.79 Å². The predicted octanol–water partition coefficient (Wildman–Crippen LogP) is 3.43. The molecule has 0 heterocycles. The molecule has 0 bridgehead atoms. The van der Waals surface area contributed by atoms with Crippen molar-refractivity contribution in [3.63, 3.8) is 0 Å². The highest BCUT2D eigenvalue weighted by molar-refractivity contribution is 6.42. The number of nitrogens with zero attached hydrogens (tertiary/aromatic N) is 1. The van der Waals surface area contributed by atoms with E-state index in [-0.39, 0.29) is 27.0 Å². The van der Waals surface area contributed by atoms with Gasteiger partial charge < -0.3 is 9.64 Å². The number of carbonyl (C=O) groups is 2. The molecular formula is C14H15Cl2NO3. The molecular weight excluding hydrogens is 301 g/mol. The molecule has 108 valence electrons. The Balaban J connectivity index is 3.38. The van der Waals surface area contributed by atoms with Crippen LogP contribution in [0, 0.1) is 0 Å². The average molecular weight is 316 g/mol. The Hall–Kier alpha value is -1.52. The monoisotopic (exact) mass is 315 g/mol. The van der Waals surface area contributed by atoms with Crippen molar-refractivity contribution in [1.29, 1.82) is 0 Å². The summed E-state index contributed by atoms with van der Waals surface area (Å²) in [5.41, 5.74) is 0.673. The molecule has 0 saturated heterocycles. The third-order valence-corrected chi connectivity index (χ3v) is 3.24. The van der Waals surface area contributed by atoms with Crippen LogP contribution < -0.4 is 0 Å². The van der Waals surface area contributed by atoms with E-state index >= 15 is 0 Å². The van der Waals surface area contributed by atoms with Crippen molar-refractivity contribution in [3.8, 4) is 0 Å². The van der Waals surface area contributed by atoms with E-state index in [1.165, 1.54) is 19.2 Å². The second-order valence-corrected chi connectivity index (χ2v) is 5.17. The largest absolute Gasteiger partial charge is 0.465 e. The van der Waals surface area contributed by atoms with Crippen LogP contribution in [0.1, 0.15) is 27.6 Å². The van der Waals surface area contributed by atoms with Crippen LogP contribution in [0.15, 0.2) is 23.9 Å². The zero-order chi connectivity index (χ0) is 15.4. The van der Waals surface area contributed by atoms with Gasteiger partial charge in [0.15, 0.2) is 5.78 Å². The predicted molar refractivity (Wildman–Crippen MR) is 79.6 cm³/mol. The maximum absolute atomic E-state index is 12.4. The van der Waals surface area contributed by atoms with E-state index in [1.807, 2.05) is 0 Å². The Morgan fingerprint density at radius 3 is 2.35 bits per heavy atom. The number of allylic oxidation sites excluding steroid dienone is 1. The number of benzene rings is 1. The number of carbonyl (C=O) groups excluding carboxylic acids is 2. The normalized spacial score (nSPS) is 11.2. The number of halogens is 2. The summed E-state index contributed by atoms with van der Waals surface area (Å²) in [5.74, 6) is -0.950. The van der Waals surface area contributed by atoms with Crippen LogP contribution in [0.4, 0.5) is 0 Å². The lowest BCUT2D eigenvalue weighted by Gasteiger charge is -2.12. The molecule has 0 aliphatic rings. The molecule has 1 aromatic rings. The fourth-order valence-electron chi connectivity index (χ4n) is 1.67. The quantitative estimate of drug-likeness (QED) is 0.485. The standard InChI is InChI=1S/C14H15Cl2NO3/c1-8(7-17(2)3)13(18)11-10(15)6-5-9(12(11)16)14(19)20-4/h5-7H,1-4H3. The minimum atomic E-state index is -0.616. The summed E-state index contributed by atoms with van der Waals surface area (Å²) in [6.07, 6.45) is 1.65. The van der Waals surface area contributed by atoms with Crippen molar-refractivity contribution in [2.45, 2.75) is 6.92 Å². The number of esters is 1. The first-order valence-electron chi connectivity index (χ1n) is 5.75. The van der Waals surface area contributed by atoms with Gasteiger partial charge in [0.2, 0.25) is 0 Å². The van der Waals surface area contributed by atoms with E-state index in [4.69, 9.17) is 23.2 Å². The van der Waals surface area contributed by atoms with Crippen LogP contribution >= 0.6 is 23.2 Å². The number of ketones is 1. The summed E-state index contributed by atoms with van der Waals surface area (Å²) in [7, 11) is 4.84. The van der Waals surface area contributed by atoms with Crippen LogP contribution in [0.2, 0.25) is 10.0 Å². The van der Waals surface area contributed by atoms with Gasteiger partial charge in [-0.1, -0.05) is 23.2 Å². The van der Waals surface area contributed by atoms with E-state index in [1.54, 1.807) is 32.1 Å². The number of Topliss-reactive ketones (excluding diaryl/α,β-unsaturated/α-hetero) is 1. The molecule has 0 atom stereocenters. The second kappa shape index (κ2) is 6.77. The van der Waals surface area contributed by atoms with E-state index in [0.29, 0.717) is 5.57 Å². The van der Waals surface area contributed by atoms with Gasteiger partial charge in [-0.3, -0.25) is 4.79 Å². The molecule has 0 aromatic heterocycles. The first-order chi connectivity index (χ1) is 9.29. The molecule has 20 heavy (non-hydrogen) atoms. The van der Waals surface area contributed by atoms with Gasteiger partial charge in [-0.05, 0) is 19.1 Å². The molecule has 6 heteroatoms. The van der Waals surface area contributed by atoms with Crippen molar-refractivity contribution in [1.82, 2.24) is 4.90 Å². The number of hydrogen-bond donors (Lipinski definition) is 0. The Labute approximate surface area is 127 Å². The highest BCUT2D eigenvalue weighted by Crippen LogP contribution is 2.30. The minimum Gasteiger partial charge on any atom is -0.465 e. The first-order valence-corrected chi connectivity index (χ1v) is 6.51. The highest BCUT2D eigenvalue weighted by Gasteiger charge is 2.22. The van der Waals surface area contributed by atoms with Gasteiger partial charge in [-0.2, -0.15) is 0 Å². The molecule has 0 radical (unpaired) electrons. The second-order valence-electron chi connectivity index (χ2n) is 4.38. The van der Waals surface area contributed by atoms with Crippen LogP contribution in [0.3, 0.4) is 0 Å². The molecule has 0 spiro atoms. The van der Waals surface area contributed by atoms with E-state index < -0.39 is 5.97 Å². The van der Waals surface area contributed by atoms with Crippen molar-refractivity contribution in [2.24, 2.45) is 0 Å². The number of hydrogen-bond acceptors (Lipinski definition) is 4. The summed E-state index contributed by atoms with van der Waals surface area (Å²) in [5, 5.41) is 0.194. The fourth-order valence-corrected chi connectivity index (χ4v) is 2.29. The highest BCUT2D eigenvalue weighted by atomic mass is 35.5. The summed E-state index contributed by atoms with van der Waals surface area (Å²) in [6.45, 7) is 1.65. The Morgan fingerprint density at radius 1 is 1.25 bits per heavy atom. The third-order valence-electron chi connectivity index (χ3n) is 2.53. The van der Waals surface area contributed by atoms with Crippen molar-refractivity contribution < 1.29 is 14.3 Å². The van der Waals surface area contributed by atoms with E-state index in [0.717, 1.165) is 0 Å². The molecule has 4 nitrogen and oxygen atoms in total. The summed E-state index contributed by atoms with van der Waals surface area (Å²) >= 11 is 12.1. The molecule has 0 amide bonds. The SMILES string of the molecule is COC(=O)c1ccc(Cl)c(C(=O)C(C)=CN(C)C)c1Cl. The van der Waals surface area contributed by atoms with E-state index in [9.17, 15) is 9.59 Å². The van der Waals surface area contributed by atoms with Gasteiger partial charge >= 0.3 is 5.97 Å². The lowest BCUT2D eigenvalue weighted by atomic mass is 10.0. The van der Waals surface area contributed by atoms with Gasteiger partial charge in [0.25, 0.3) is 0 Å². The molecule has 0 fully saturated rings. The van der Waals surface area contributed by atoms with Crippen LogP contribution in [0.5, 0.6) is 0 Å².